The molecule has 2 aromatic carbocycles. The predicted molar refractivity (Wildman–Crippen MR) is 85.5 cm³/mol. The molecule has 0 fully saturated rings. The third kappa shape index (κ3) is 2.34. The maximum absolute atomic E-state index is 11.8. The Morgan fingerprint density at radius 1 is 1.14 bits per heavy atom. The largest absolute Gasteiger partial charge is 0.453 e. The van der Waals surface area contributed by atoms with Crippen LogP contribution in [0.4, 0.5) is 11.4 Å². The van der Waals surface area contributed by atoms with Crippen LogP contribution in [0.25, 0.3) is 0 Å². The molecule has 0 saturated carbocycles. The van der Waals surface area contributed by atoms with Gasteiger partial charge in [0.1, 0.15) is 0 Å². The first-order valence-electron chi connectivity index (χ1n) is 7.05. The average molecular weight is 319 g/mol. The van der Waals surface area contributed by atoms with Gasteiger partial charge in [-0.15, -0.1) is 0 Å². The van der Waals surface area contributed by atoms with Gasteiger partial charge in [-0.05, 0) is 37.1 Å². The summed E-state index contributed by atoms with van der Waals surface area (Å²) in [6.45, 7) is 3.63. The number of anilines is 2. The number of nitrogens with zero attached hydrogens (tertiary/aromatic N) is 1. The topological polar surface area (TPSA) is 66.8 Å². The standard InChI is InChI=1S/C16H17NO4S/c1-3-15(22(18,19)20)17-12-8-4-5-10-14(12)21-16-11(2)7-6-9-13(16)17/h4-10,15H,3H2,1-2H3,(H,18,19,20). The van der Waals surface area contributed by atoms with Gasteiger partial charge in [0.25, 0.3) is 10.1 Å². The molecule has 1 unspecified atom stereocenters. The fraction of sp³-hybridized carbons (Fsp3) is 0.250. The number of benzene rings is 2. The molecule has 0 radical (unpaired) electrons. The van der Waals surface area contributed by atoms with Crippen molar-refractivity contribution in [1.82, 2.24) is 0 Å². The number of hydrogen-bond donors (Lipinski definition) is 1. The lowest BCUT2D eigenvalue weighted by molar-refractivity contribution is 0.450. The molecule has 3 rings (SSSR count). The summed E-state index contributed by atoms with van der Waals surface area (Å²) in [4.78, 5) is 1.64. The van der Waals surface area contributed by atoms with E-state index in [4.69, 9.17) is 4.74 Å². The third-order valence-electron chi connectivity index (χ3n) is 3.77. The Balaban J connectivity index is 2.27. The highest BCUT2D eigenvalue weighted by molar-refractivity contribution is 7.86. The zero-order chi connectivity index (χ0) is 15.9. The lowest BCUT2D eigenvalue weighted by Gasteiger charge is -2.37. The molecule has 22 heavy (non-hydrogen) atoms. The molecule has 0 aliphatic carbocycles. The van der Waals surface area contributed by atoms with E-state index >= 15 is 0 Å². The fourth-order valence-electron chi connectivity index (χ4n) is 2.78. The number of rotatable bonds is 3. The summed E-state index contributed by atoms with van der Waals surface area (Å²) in [6, 6.07) is 12.8. The van der Waals surface area contributed by atoms with Crippen LogP contribution in [0.15, 0.2) is 42.5 Å². The summed E-state index contributed by atoms with van der Waals surface area (Å²) in [6.07, 6.45) is 0.251. The summed E-state index contributed by atoms with van der Waals surface area (Å²) >= 11 is 0. The molecule has 5 nitrogen and oxygen atoms in total. The van der Waals surface area contributed by atoms with E-state index in [0.29, 0.717) is 22.9 Å². The van der Waals surface area contributed by atoms with Crippen LogP contribution < -0.4 is 9.64 Å². The van der Waals surface area contributed by atoms with Crippen molar-refractivity contribution in [1.29, 1.82) is 0 Å². The van der Waals surface area contributed by atoms with Gasteiger partial charge in [0.2, 0.25) is 0 Å². The summed E-state index contributed by atoms with van der Waals surface area (Å²) in [5, 5.41) is -1.06. The van der Waals surface area contributed by atoms with Crippen LogP contribution in [0.2, 0.25) is 0 Å². The predicted octanol–water partition coefficient (Wildman–Crippen LogP) is 3.86. The molecule has 116 valence electrons. The first kappa shape index (κ1) is 14.9. The number of hydrogen-bond acceptors (Lipinski definition) is 4. The van der Waals surface area contributed by atoms with Crippen LogP contribution in [-0.4, -0.2) is 18.3 Å². The van der Waals surface area contributed by atoms with E-state index in [1.165, 1.54) is 0 Å². The molecular formula is C16H17NO4S. The average Bonchev–Trinajstić information content (AvgIpc) is 2.47. The number of ether oxygens (including phenoxy) is 1. The molecule has 1 heterocycles. The van der Waals surface area contributed by atoms with E-state index in [1.54, 1.807) is 30.0 Å². The minimum absolute atomic E-state index is 0.251. The Kier molecular flexibility index (Phi) is 3.58. The Bertz CT molecular complexity index is 817. The number of fused-ring (bicyclic) bond motifs is 2. The Labute approximate surface area is 129 Å². The monoisotopic (exact) mass is 319 g/mol. The van der Waals surface area contributed by atoms with Crippen LogP contribution in [0.5, 0.6) is 11.5 Å². The Hall–Kier alpha value is -2.05. The van der Waals surface area contributed by atoms with Crippen molar-refractivity contribution in [2.75, 3.05) is 4.90 Å². The van der Waals surface area contributed by atoms with Crippen LogP contribution in [0, 0.1) is 6.92 Å². The Morgan fingerprint density at radius 2 is 1.82 bits per heavy atom. The minimum atomic E-state index is -4.24. The molecule has 1 N–H and O–H groups in total. The van der Waals surface area contributed by atoms with Gasteiger partial charge in [0.05, 0.1) is 11.4 Å². The normalized spacial score (nSPS) is 14.8. The van der Waals surface area contributed by atoms with Crippen LogP contribution in [-0.2, 0) is 10.1 Å². The highest BCUT2D eigenvalue weighted by atomic mass is 32.2. The summed E-state index contributed by atoms with van der Waals surface area (Å²) < 4.78 is 39.2. The second kappa shape index (κ2) is 5.30. The summed E-state index contributed by atoms with van der Waals surface area (Å²) in [7, 11) is -4.24. The maximum atomic E-state index is 11.8. The van der Waals surface area contributed by atoms with E-state index in [9.17, 15) is 13.0 Å². The minimum Gasteiger partial charge on any atom is -0.453 e. The lowest BCUT2D eigenvalue weighted by Crippen LogP contribution is -2.38. The van der Waals surface area contributed by atoms with E-state index in [-0.39, 0.29) is 6.42 Å². The molecule has 0 spiro atoms. The van der Waals surface area contributed by atoms with Crippen molar-refractivity contribution in [3.8, 4) is 11.5 Å². The second-order valence-electron chi connectivity index (χ2n) is 5.24. The maximum Gasteiger partial charge on any atom is 0.286 e. The van der Waals surface area contributed by atoms with E-state index in [2.05, 4.69) is 0 Å². The second-order valence-corrected chi connectivity index (χ2v) is 6.81. The van der Waals surface area contributed by atoms with Crippen molar-refractivity contribution in [3.63, 3.8) is 0 Å². The highest BCUT2D eigenvalue weighted by Gasteiger charge is 2.36. The van der Waals surface area contributed by atoms with Gasteiger partial charge in [-0.2, -0.15) is 8.42 Å². The van der Waals surface area contributed by atoms with Gasteiger partial charge in [-0.1, -0.05) is 31.2 Å². The third-order valence-corrected chi connectivity index (χ3v) is 5.00. The summed E-state index contributed by atoms with van der Waals surface area (Å²) in [5.74, 6) is 1.19. The first-order valence-corrected chi connectivity index (χ1v) is 8.56. The van der Waals surface area contributed by atoms with E-state index in [0.717, 1.165) is 5.56 Å². The van der Waals surface area contributed by atoms with E-state index < -0.39 is 15.5 Å². The van der Waals surface area contributed by atoms with Crippen LogP contribution in [0.3, 0.4) is 0 Å². The molecule has 1 aliphatic heterocycles. The zero-order valence-electron chi connectivity index (χ0n) is 12.4. The fourth-order valence-corrected chi connectivity index (χ4v) is 3.69. The van der Waals surface area contributed by atoms with Crippen LogP contribution >= 0.6 is 0 Å². The van der Waals surface area contributed by atoms with Crippen molar-refractivity contribution >= 4 is 21.5 Å². The molecule has 1 atom stereocenters. The van der Waals surface area contributed by atoms with Gasteiger partial charge in [-0.3, -0.25) is 4.55 Å². The van der Waals surface area contributed by atoms with E-state index in [1.807, 2.05) is 31.2 Å². The van der Waals surface area contributed by atoms with Gasteiger partial charge in [-0.25, -0.2) is 0 Å². The molecule has 0 amide bonds. The molecule has 6 heteroatoms. The van der Waals surface area contributed by atoms with Crippen molar-refractivity contribution in [2.45, 2.75) is 25.6 Å². The molecule has 0 aromatic heterocycles. The molecule has 0 bridgehead atoms. The SMILES string of the molecule is CCC(N1c2ccccc2Oc2c(C)cccc21)S(=O)(=O)O. The van der Waals surface area contributed by atoms with Crippen molar-refractivity contribution in [3.05, 3.63) is 48.0 Å². The van der Waals surface area contributed by atoms with Gasteiger partial charge >= 0.3 is 0 Å². The summed E-state index contributed by atoms with van der Waals surface area (Å²) in [5.41, 5.74) is 2.18. The smallest absolute Gasteiger partial charge is 0.286 e. The molecular weight excluding hydrogens is 302 g/mol. The first-order chi connectivity index (χ1) is 10.4. The van der Waals surface area contributed by atoms with Gasteiger partial charge in [0, 0.05) is 0 Å². The quantitative estimate of drug-likeness (QED) is 0.870. The molecule has 1 aliphatic rings. The molecule has 2 aromatic rings. The van der Waals surface area contributed by atoms with Crippen molar-refractivity contribution in [2.24, 2.45) is 0 Å². The highest BCUT2D eigenvalue weighted by Crippen LogP contribution is 2.49. The molecule has 0 saturated heterocycles. The zero-order valence-corrected chi connectivity index (χ0v) is 13.2. The van der Waals surface area contributed by atoms with Crippen molar-refractivity contribution < 1.29 is 17.7 Å². The van der Waals surface area contributed by atoms with Gasteiger partial charge < -0.3 is 9.64 Å². The lowest BCUT2D eigenvalue weighted by atomic mass is 10.1. The van der Waals surface area contributed by atoms with Gasteiger partial charge in [0.15, 0.2) is 16.9 Å². The number of para-hydroxylation sites is 3. The number of aryl methyl sites for hydroxylation is 1. The van der Waals surface area contributed by atoms with Crippen LogP contribution in [0.1, 0.15) is 18.9 Å². The Morgan fingerprint density at radius 3 is 2.50 bits per heavy atom.